The van der Waals surface area contributed by atoms with Crippen molar-refractivity contribution in [2.24, 2.45) is 0 Å². The van der Waals surface area contributed by atoms with E-state index in [0.29, 0.717) is 13.1 Å². The molecule has 2 aliphatic rings. The molecule has 172 valence electrons. The molecule has 13 heteroatoms. The van der Waals surface area contributed by atoms with Crippen LogP contribution in [0.1, 0.15) is 37.4 Å². The Morgan fingerprint density at radius 3 is 2.23 bits per heavy atom. The van der Waals surface area contributed by atoms with Crippen LogP contribution in [-0.4, -0.2) is 77.0 Å². The molecule has 2 saturated heterocycles. The number of piperidine rings is 1. The van der Waals surface area contributed by atoms with Crippen LogP contribution in [0.3, 0.4) is 0 Å². The van der Waals surface area contributed by atoms with Gasteiger partial charge in [0.1, 0.15) is 0 Å². The summed E-state index contributed by atoms with van der Waals surface area (Å²) in [6.07, 6.45) is 2.31. The normalized spacial score (nSPS) is 18.8. The second kappa shape index (κ2) is 8.99. The first kappa shape index (κ1) is 23.3. The standard InChI is InChI=1S/C16H23N5O2S.C2HF3O2/c1-24(22,23)20-10-6-13(7-11-20)16-17-15-5-4-14(12-21(15)18-16)19-8-2-3-9-19;3-2(4,5)1(6)7/h4-5,12-13H,2-3,6-11H2,1H3;(H,6,7). The molecule has 2 aliphatic heterocycles. The fourth-order valence-corrected chi connectivity index (χ4v) is 4.54. The number of halogens is 3. The molecule has 1 N–H and O–H groups in total. The molecule has 2 aromatic heterocycles. The Kier molecular flexibility index (Phi) is 6.74. The number of alkyl halides is 3. The van der Waals surface area contributed by atoms with Gasteiger partial charge < -0.3 is 10.0 Å². The zero-order chi connectivity index (χ0) is 22.8. The highest BCUT2D eigenvalue weighted by Gasteiger charge is 2.38. The van der Waals surface area contributed by atoms with E-state index in [1.54, 1.807) is 4.31 Å². The summed E-state index contributed by atoms with van der Waals surface area (Å²) in [4.78, 5) is 15.9. The number of nitrogens with zero attached hydrogens (tertiary/aromatic N) is 5. The number of carboxylic acid groups (broad SMARTS) is 1. The number of sulfonamides is 1. The Morgan fingerprint density at radius 2 is 1.71 bits per heavy atom. The average molecular weight is 463 g/mol. The van der Waals surface area contributed by atoms with Crippen LogP contribution in [0.2, 0.25) is 0 Å². The van der Waals surface area contributed by atoms with Crippen LogP contribution in [0.25, 0.3) is 5.65 Å². The van der Waals surface area contributed by atoms with Gasteiger partial charge in [-0.3, -0.25) is 0 Å². The third kappa shape index (κ3) is 5.85. The average Bonchev–Trinajstić information content (AvgIpc) is 3.36. The molecule has 0 radical (unpaired) electrons. The first-order chi connectivity index (χ1) is 14.4. The van der Waals surface area contributed by atoms with Gasteiger partial charge in [-0.2, -0.15) is 18.3 Å². The zero-order valence-corrected chi connectivity index (χ0v) is 17.7. The number of hydrogen-bond acceptors (Lipinski definition) is 6. The zero-order valence-electron chi connectivity index (χ0n) is 16.9. The van der Waals surface area contributed by atoms with Crippen LogP contribution < -0.4 is 4.90 Å². The maximum absolute atomic E-state index is 11.6. The molecule has 0 aromatic carbocycles. The molecule has 0 amide bonds. The van der Waals surface area contributed by atoms with Crippen LogP contribution in [0.15, 0.2) is 18.3 Å². The number of fused-ring (bicyclic) bond motifs is 1. The molecule has 2 fully saturated rings. The van der Waals surface area contributed by atoms with E-state index in [-0.39, 0.29) is 5.92 Å². The molecule has 0 atom stereocenters. The smallest absolute Gasteiger partial charge is 0.475 e. The largest absolute Gasteiger partial charge is 0.490 e. The number of carbonyl (C=O) groups is 1. The summed E-state index contributed by atoms with van der Waals surface area (Å²) in [5.74, 6) is -1.69. The minimum absolute atomic E-state index is 0.234. The van der Waals surface area contributed by atoms with Crippen LogP contribution in [-0.2, 0) is 14.8 Å². The second-order valence-electron chi connectivity index (χ2n) is 7.59. The molecule has 9 nitrogen and oxygen atoms in total. The summed E-state index contributed by atoms with van der Waals surface area (Å²) >= 11 is 0. The predicted molar refractivity (Wildman–Crippen MR) is 107 cm³/mol. The topological polar surface area (TPSA) is 108 Å². The number of pyridine rings is 1. The molecule has 0 aliphatic carbocycles. The van der Waals surface area contributed by atoms with Gasteiger partial charge in [0, 0.05) is 32.1 Å². The monoisotopic (exact) mass is 463 g/mol. The van der Waals surface area contributed by atoms with Gasteiger partial charge in [-0.1, -0.05) is 0 Å². The van der Waals surface area contributed by atoms with Gasteiger partial charge in [-0.25, -0.2) is 27.0 Å². The second-order valence-corrected chi connectivity index (χ2v) is 9.58. The lowest BCUT2D eigenvalue weighted by molar-refractivity contribution is -0.192. The number of anilines is 1. The maximum atomic E-state index is 11.6. The van der Waals surface area contributed by atoms with Crippen LogP contribution >= 0.6 is 0 Å². The highest BCUT2D eigenvalue weighted by Crippen LogP contribution is 2.28. The van der Waals surface area contributed by atoms with Gasteiger partial charge in [-0.05, 0) is 37.8 Å². The van der Waals surface area contributed by atoms with Crippen molar-refractivity contribution in [3.63, 3.8) is 0 Å². The van der Waals surface area contributed by atoms with Gasteiger partial charge in [0.15, 0.2) is 11.5 Å². The molecule has 4 heterocycles. The van der Waals surface area contributed by atoms with Crippen molar-refractivity contribution >= 4 is 27.3 Å². The minimum Gasteiger partial charge on any atom is -0.475 e. The number of aromatic nitrogens is 3. The van der Waals surface area contributed by atoms with E-state index in [4.69, 9.17) is 9.90 Å². The first-order valence-corrected chi connectivity index (χ1v) is 11.7. The van der Waals surface area contributed by atoms with E-state index < -0.39 is 22.2 Å². The Balaban J connectivity index is 0.000000339. The lowest BCUT2D eigenvalue weighted by atomic mass is 9.98. The molecule has 31 heavy (non-hydrogen) atoms. The van der Waals surface area contributed by atoms with E-state index in [2.05, 4.69) is 27.2 Å². The fourth-order valence-electron chi connectivity index (χ4n) is 3.67. The van der Waals surface area contributed by atoms with Crippen molar-refractivity contribution in [1.29, 1.82) is 0 Å². The van der Waals surface area contributed by atoms with E-state index >= 15 is 0 Å². The fraction of sp³-hybridized carbons (Fsp3) is 0.611. The Bertz CT molecular complexity index is 1030. The van der Waals surface area contributed by atoms with Crippen molar-refractivity contribution < 1.29 is 31.5 Å². The molecule has 0 spiro atoms. The number of carboxylic acids is 1. The maximum Gasteiger partial charge on any atom is 0.490 e. The third-order valence-corrected chi connectivity index (χ3v) is 6.64. The number of hydrogen-bond donors (Lipinski definition) is 1. The minimum atomic E-state index is -5.08. The summed E-state index contributed by atoms with van der Waals surface area (Å²) in [6.45, 7) is 3.32. The molecule has 0 bridgehead atoms. The highest BCUT2D eigenvalue weighted by molar-refractivity contribution is 7.88. The summed E-state index contributed by atoms with van der Waals surface area (Å²) in [5.41, 5.74) is 2.06. The van der Waals surface area contributed by atoms with Crippen molar-refractivity contribution in [3.05, 3.63) is 24.2 Å². The molecule has 4 rings (SSSR count). The van der Waals surface area contributed by atoms with Crippen LogP contribution in [0.4, 0.5) is 18.9 Å². The van der Waals surface area contributed by atoms with E-state index in [1.165, 1.54) is 24.8 Å². The quantitative estimate of drug-likeness (QED) is 0.743. The van der Waals surface area contributed by atoms with Gasteiger partial charge in [-0.15, -0.1) is 0 Å². The third-order valence-electron chi connectivity index (χ3n) is 5.33. The van der Waals surface area contributed by atoms with Crippen molar-refractivity contribution in [1.82, 2.24) is 18.9 Å². The summed E-state index contributed by atoms with van der Waals surface area (Å²) in [7, 11) is -3.09. The summed E-state index contributed by atoms with van der Waals surface area (Å²) < 4.78 is 58.4. The summed E-state index contributed by atoms with van der Waals surface area (Å²) in [6, 6.07) is 4.14. The summed E-state index contributed by atoms with van der Waals surface area (Å²) in [5, 5.41) is 11.8. The van der Waals surface area contributed by atoms with Gasteiger partial charge in [0.2, 0.25) is 10.0 Å². The van der Waals surface area contributed by atoms with E-state index in [0.717, 1.165) is 37.4 Å². The first-order valence-electron chi connectivity index (χ1n) is 9.81. The Hall–Kier alpha value is -2.41. The highest BCUT2D eigenvalue weighted by atomic mass is 32.2. The van der Waals surface area contributed by atoms with Gasteiger partial charge in [0.05, 0.1) is 18.1 Å². The van der Waals surface area contributed by atoms with Crippen molar-refractivity contribution in [2.45, 2.75) is 37.8 Å². The van der Waals surface area contributed by atoms with E-state index in [9.17, 15) is 21.6 Å². The number of rotatable bonds is 3. The molecular weight excluding hydrogens is 439 g/mol. The van der Waals surface area contributed by atoms with Crippen molar-refractivity contribution in [2.75, 3.05) is 37.3 Å². The molecular formula is C18H24F3N5O4S. The van der Waals surface area contributed by atoms with Crippen LogP contribution in [0, 0.1) is 0 Å². The molecule has 2 aromatic rings. The van der Waals surface area contributed by atoms with Crippen molar-refractivity contribution in [3.8, 4) is 0 Å². The molecule has 0 saturated carbocycles. The van der Waals surface area contributed by atoms with E-state index in [1.807, 2.05) is 10.6 Å². The number of aliphatic carboxylic acids is 1. The predicted octanol–water partition coefficient (Wildman–Crippen LogP) is 2.10. The van der Waals surface area contributed by atoms with Gasteiger partial charge in [0.25, 0.3) is 0 Å². The lowest BCUT2D eigenvalue weighted by Gasteiger charge is -2.28. The lowest BCUT2D eigenvalue weighted by Crippen LogP contribution is -2.37. The Morgan fingerprint density at radius 1 is 1.13 bits per heavy atom. The van der Waals surface area contributed by atoms with Crippen LogP contribution in [0.5, 0.6) is 0 Å². The SMILES string of the molecule is CS(=O)(=O)N1CCC(c2nc3ccc(N4CCCC4)cn3n2)CC1.O=C(O)C(F)(F)F. The Labute approximate surface area is 177 Å². The van der Waals surface area contributed by atoms with Gasteiger partial charge >= 0.3 is 12.1 Å². The molecule has 0 unspecified atom stereocenters.